The van der Waals surface area contributed by atoms with Crippen molar-refractivity contribution in [3.8, 4) is 0 Å². The smallest absolute Gasteiger partial charge is 0.151 e. The van der Waals surface area contributed by atoms with E-state index in [1.807, 2.05) is 0 Å². The quantitative estimate of drug-likeness (QED) is 0.768. The van der Waals surface area contributed by atoms with Crippen LogP contribution in [0.2, 0.25) is 0 Å². The number of nitrogens with zero attached hydrogens (tertiary/aromatic N) is 1. The first-order valence-electron chi connectivity index (χ1n) is 7.81. The third kappa shape index (κ3) is 2.39. The normalized spacial score (nSPS) is 13.1. The number of anilines is 1. The number of hydrogen-bond donors (Lipinski definition) is 2. The summed E-state index contributed by atoms with van der Waals surface area (Å²) in [4.78, 5) is 0. The number of benzene rings is 2. The number of nitrogens with one attached hydrogen (secondary N) is 2. The van der Waals surface area contributed by atoms with Gasteiger partial charge in [-0.3, -0.25) is 5.10 Å². The summed E-state index contributed by atoms with van der Waals surface area (Å²) >= 11 is 0. The standard InChI is InChI=1S/C19H19N3/c1-3-7-14(8-4-1)17(15-9-5-2-6-10-15)13-18-16-11-12-20-19(16)22-21-18/h1-10,17H,11-13H2,(H2,20,21,22). The van der Waals surface area contributed by atoms with Gasteiger partial charge in [-0.25, -0.2) is 0 Å². The molecule has 4 rings (SSSR count). The Labute approximate surface area is 130 Å². The Morgan fingerprint density at radius 2 is 1.55 bits per heavy atom. The number of aromatic nitrogens is 2. The van der Waals surface area contributed by atoms with Crippen molar-refractivity contribution in [1.82, 2.24) is 10.2 Å². The predicted molar refractivity (Wildman–Crippen MR) is 89.2 cm³/mol. The molecule has 3 aromatic rings. The number of fused-ring (bicyclic) bond motifs is 1. The van der Waals surface area contributed by atoms with Crippen molar-refractivity contribution in [2.24, 2.45) is 0 Å². The third-order valence-electron chi connectivity index (χ3n) is 4.43. The molecular formula is C19H19N3. The van der Waals surface area contributed by atoms with Crippen LogP contribution >= 0.6 is 0 Å². The molecule has 0 saturated heterocycles. The highest BCUT2D eigenvalue weighted by Crippen LogP contribution is 2.31. The van der Waals surface area contributed by atoms with Gasteiger partial charge in [-0.1, -0.05) is 60.7 Å². The molecule has 0 bridgehead atoms. The first-order chi connectivity index (χ1) is 10.9. The molecule has 2 aromatic carbocycles. The maximum absolute atomic E-state index is 4.40. The van der Waals surface area contributed by atoms with Gasteiger partial charge in [0.05, 0.1) is 0 Å². The summed E-state index contributed by atoms with van der Waals surface area (Å²) in [5.74, 6) is 1.39. The molecule has 0 unspecified atom stereocenters. The van der Waals surface area contributed by atoms with E-state index in [2.05, 4.69) is 76.2 Å². The van der Waals surface area contributed by atoms with E-state index >= 15 is 0 Å². The van der Waals surface area contributed by atoms with Crippen molar-refractivity contribution >= 4 is 5.82 Å². The second-order valence-corrected chi connectivity index (χ2v) is 5.78. The van der Waals surface area contributed by atoms with Crippen LogP contribution in [-0.4, -0.2) is 16.7 Å². The second kappa shape index (κ2) is 5.68. The Morgan fingerprint density at radius 3 is 2.18 bits per heavy atom. The molecule has 0 radical (unpaired) electrons. The lowest BCUT2D eigenvalue weighted by atomic mass is 9.86. The second-order valence-electron chi connectivity index (χ2n) is 5.78. The van der Waals surface area contributed by atoms with Crippen molar-refractivity contribution in [3.63, 3.8) is 0 Å². The molecule has 0 saturated carbocycles. The van der Waals surface area contributed by atoms with E-state index in [1.165, 1.54) is 22.4 Å². The van der Waals surface area contributed by atoms with Gasteiger partial charge in [0, 0.05) is 30.1 Å². The molecule has 0 aliphatic carbocycles. The van der Waals surface area contributed by atoms with Crippen molar-refractivity contribution in [2.75, 3.05) is 11.9 Å². The van der Waals surface area contributed by atoms with Gasteiger partial charge in [0.2, 0.25) is 0 Å². The number of H-pyrrole nitrogens is 1. The van der Waals surface area contributed by atoms with Crippen molar-refractivity contribution < 1.29 is 0 Å². The molecular weight excluding hydrogens is 270 g/mol. The Bertz CT molecular complexity index is 707. The maximum Gasteiger partial charge on any atom is 0.151 e. The number of rotatable bonds is 4. The van der Waals surface area contributed by atoms with E-state index in [4.69, 9.17) is 0 Å². The summed E-state index contributed by atoms with van der Waals surface area (Å²) in [5.41, 5.74) is 5.32. The monoisotopic (exact) mass is 289 g/mol. The molecule has 1 aliphatic rings. The van der Waals surface area contributed by atoms with E-state index in [0.29, 0.717) is 5.92 Å². The summed E-state index contributed by atoms with van der Waals surface area (Å²) < 4.78 is 0. The molecule has 0 amide bonds. The Balaban J connectivity index is 1.71. The fraction of sp³-hybridized carbons (Fsp3) is 0.211. The van der Waals surface area contributed by atoms with Gasteiger partial charge in [0.25, 0.3) is 0 Å². The minimum Gasteiger partial charge on any atom is -0.368 e. The molecule has 22 heavy (non-hydrogen) atoms. The lowest BCUT2D eigenvalue weighted by Gasteiger charge is -2.18. The lowest BCUT2D eigenvalue weighted by molar-refractivity contribution is 0.767. The molecule has 0 spiro atoms. The zero-order valence-electron chi connectivity index (χ0n) is 12.4. The van der Waals surface area contributed by atoms with E-state index < -0.39 is 0 Å². The molecule has 3 nitrogen and oxygen atoms in total. The minimum atomic E-state index is 0.354. The third-order valence-corrected chi connectivity index (χ3v) is 4.43. The number of aromatic amines is 1. The maximum atomic E-state index is 4.40. The minimum absolute atomic E-state index is 0.354. The van der Waals surface area contributed by atoms with E-state index in [9.17, 15) is 0 Å². The first-order valence-corrected chi connectivity index (χ1v) is 7.81. The van der Waals surface area contributed by atoms with Crippen LogP contribution in [0.25, 0.3) is 0 Å². The van der Waals surface area contributed by atoms with E-state index in [1.54, 1.807) is 0 Å². The van der Waals surface area contributed by atoms with Gasteiger partial charge in [0.1, 0.15) is 0 Å². The van der Waals surface area contributed by atoms with Crippen molar-refractivity contribution in [2.45, 2.75) is 18.8 Å². The van der Waals surface area contributed by atoms with Crippen LogP contribution in [-0.2, 0) is 12.8 Å². The van der Waals surface area contributed by atoms with E-state index in [-0.39, 0.29) is 0 Å². The lowest BCUT2D eigenvalue weighted by Crippen LogP contribution is -2.07. The molecule has 1 aliphatic heterocycles. The Morgan fingerprint density at radius 1 is 0.909 bits per heavy atom. The summed E-state index contributed by atoms with van der Waals surface area (Å²) in [7, 11) is 0. The zero-order valence-corrected chi connectivity index (χ0v) is 12.4. The van der Waals surface area contributed by atoms with Crippen LogP contribution < -0.4 is 5.32 Å². The average Bonchev–Trinajstić information content (AvgIpc) is 3.18. The van der Waals surface area contributed by atoms with Crippen LogP contribution in [0.3, 0.4) is 0 Å². The summed E-state index contributed by atoms with van der Waals surface area (Å²) in [6.07, 6.45) is 2.02. The summed E-state index contributed by atoms with van der Waals surface area (Å²) in [6, 6.07) is 21.5. The molecule has 0 fully saturated rings. The highest BCUT2D eigenvalue weighted by Gasteiger charge is 2.22. The Hall–Kier alpha value is -2.55. The predicted octanol–water partition coefficient (Wildman–Crippen LogP) is 3.75. The molecule has 1 aromatic heterocycles. The van der Waals surface area contributed by atoms with Gasteiger partial charge < -0.3 is 5.32 Å². The van der Waals surface area contributed by atoms with Gasteiger partial charge >= 0.3 is 0 Å². The Kier molecular flexibility index (Phi) is 3.39. The van der Waals surface area contributed by atoms with Crippen LogP contribution in [0.1, 0.15) is 28.3 Å². The van der Waals surface area contributed by atoms with Gasteiger partial charge in [-0.2, -0.15) is 5.10 Å². The first kappa shape index (κ1) is 13.1. The van der Waals surface area contributed by atoms with Crippen LogP contribution in [0.15, 0.2) is 60.7 Å². The van der Waals surface area contributed by atoms with E-state index in [0.717, 1.165) is 25.2 Å². The van der Waals surface area contributed by atoms with Crippen molar-refractivity contribution in [3.05, 3.63) is 83.0 Å². The SMILES string of the molecule is c1ccc(C(Cc2[nH]nc3c2CCN3)c2ccccc2)cc1. The molecule has 3 heteroatoms. The largest absolute Gasteiger partial charge is 0.368 e. The number of hydrogen-bond acceptors (Lipinski definition) is 2. The van der Waals surface area contributed by atoms with Gasteiger partial charge in [-0.15, -0.1) is 0 Å². The average molecular weight is 289 g/mol. The highest BCUT2D eigenvalue weighted by molar-refractivity contribution is 5.52. The van der Waals surface area contributed by atoms with Crippen LogP contribution in [0, 0.1) is 0 Å². The zero-order chi connectivity index (χ0) is 14.8. The topological polar surface area (TPSA) is 40.7 Å². The van der Waals surface area contributed by atoms with Gasteiger partial charge in [0.15, 0.2) is 5.82 Å². The molecule has 2 heterocycles. The van der Waals surface area contributed by atoms with Crippen LogP contribution in [0.4, 0.5) is 5.82 Å². The summed E-state index contributed by atoms with van der Waals surface area (Å²) in [5, 5.41) is 11.0. The molecule has 110 valence electrons. The fourth-order valence-corrected chi connectivity index (χ4v) is 3.29. The molecule has 0 atom stereocenters. The van der Waals surface area contributed by atoms with Gasteiger partial charge in [-0.05, 0) is 17.5 Å². The highest BCUT2D eigenvalue weighted by atomic mass is 15.2. The summed E-state index contributed by atoms with van der Waals surface area (Å²) in [6.45, 7) is 1.00. The fourth-order valence-electron chi connectivity index (χ4n) is 3.29. The molecule has 2 N–H and O–H groups in total. The van der Waals surface area contributed by atoms with Crippen LogP contribution in [0.5, 0.6) is 0 Å². The van der Waals surface area contributed by atoms with Crippen molar-refractivity contribution in [1.29, 1.82) is 0 Å².